The Bertz CT molecular complexity index is 1950. The van der Waals surface area contributed by atoms with Crippen LogP contribution in [-0.2, 0) is 25.4 Å². The summed E-state index contributed by atoms with van der Waals surface area (Å²) in [5.74, 6) is -1.08. The summed E-state index contributed by atoms with van der Waals surface area (Å²) in [6.07, 6.45) is 1.47. The van der Waals surface area contributed by atoms with E-state index in [-0.39, 0.29) is 23.8 Å². The maximum absolute atomic E-state index is 13.4. The van der Waals surface area contributed by atoms with Crippen LogP contribution in [-0.4, -0.2) is 61.2 Å². The number of aromatic nitrogens is 6. The fourth-order valence-corrected chi connectivity index (χ4v) is 5.30. The molecule has 0 bridgehead atoms. The average Bonchev–Trinajstić information content (AvgIpc) is 3.77. The van der Waals surface area contributed by atoms with Gasteiger partial charge in [0, 0.05) is 38.9 Å². The van der Waals surface area contributed by atoms with Crippen LogP contribution < -0.4 is 10.9 Å². The van der Waals surface area contributed by atoms with E-state index < -0.39 is 25.0 Å². The number of esters is 1. The highest BCUT2D eigenvalue weighted by Gasteiger charge is 2.30. The number of nitrogens with zero attached hydrogens (tertiary/aromatic N) is 5. The Hall–Kier alpha value is -5.50. The third-order valence-corrected chi connectivity index (χ3v) is 7.27. The van der Waals surface area contributed by atoms with Crippen LogP contribution in [0, 0.1) is 0 Å². The first-order valence-corrected chi connectivity index (χ1v) is 13.9. The summed E-state index contributed by atoms with van der Waals surface area (Å²) in [6.45, 7) is 1.15. The van der Waals surface area contributed by atoms with Crippen LogP contribution in [0.5, 0.6) is 0 Å². The van der Waals surface area contributed by atoms with Crippen molar-refractivity contribution in [3.8, 4) is 16.8 Å². The van der Waals surface area contributed by atoms with Gasteiger partial charge in [0.05, 0.1) is 12.3 Å². The molecule has 3 aromatic heterocycles. The van der Waals surface area contributed by atoms with E-state index in [1.165, 1.54) is 21.6 Å². The second-order valence-electron chi connectivity index (χ2n) is 9.77. The number of aromatic amines is 1. The summed E-state index contributed by atoms with van der Waals surface area (Å²) < 4.78 is 17.2. The van der Waals surface area contributed by atoms with Crippen molar-refractivity contribution in [1.29, 1.82) is 0 Å². The molecular formula is C29H24ClN7O7. The number of fused-ring (bicyclic) bond motifs is 2. The number of nitrogens with one attached hydrogen (secondary N) is 2. The van der Waals surface area contributed by atoms with Crippen LogP contribution in [0.2, 0.25) is 5.02 Å². The van der Waals surface area contributed by atoms with E-state index in [1.807, 2.05) is 6.07 Å². The van der Waals surface area contributed by atoms with Crippen molar-refractivity contribution in [2.24, 2.45) is 0 Å². The number of aryl methyl sites for hydroxylation is 1. The molecule has 1 aliphatic heterocycles. The summed E-state index contributed by atoms with van der Waals surface area (Å²) in [5, 5.41) is 15.3. The van der Waals surface area contributed by atoms with Crippen LogP contribution >= 0.6 is 11.6 Å². The summed E-state index contributed by atoms with van der Waals surface area (Å²) in [5.41, 5.74) is 3.58. The lowest BCUT2D eigenvalue weighted by Crippen LogP contribution is -2.31. The topological polar surface area (TPSA) is 172 Å². The van der Waals surface area contributed by atoms with E-state index in [4.69, 9.17) is 16.3 Å². The molecule has 1 aliphatic rings. The Morgan fingerprint density at radius 3 is 2.73 bits per heavy atom. The van der Waals surface area contributed by atoms with Crippen LogP contribution in [0.4, 0.5) is 10.5 Å². The minimum atomic E-state index is -0.943. The zero-order valence-electron chi connectivity index (χ0n) is 23.2. The van der Waals surface area contributed by atoms with Gasteiger partial charge in [-0.2, -0.15) is 4.68 Å². The second-order valence-corrected chi connectivity index (χ2v) is 10.2. The highest BCUT2D eigenvalue weighted by molar-refractivity contribution is 6.31. The number of anilines is 1. The monoisotopic (exact) mass is 617 g/mol. The Morgan fingerprint density at radius 1 is 1.07 bits per heavy atom. The molecule has 0 radical (unpaired) electrons. The number of benzene rings is 2. The highest BCUT2D eigenvalue weighted by Crippen LogP contribution is 2.33. The molecule has 1 atom stereocenters. The minimum absolute atomic E-state index is 0.131. The Kier molecular flexibility index (Phi) is 7.81. The molecule has 0 spiro atoms. The van der Waals surface area contributed by atoms with Crippen molar-refractivity contribution in [1.82, 2.24) is 29.8 Å². The number of halogens is 1. The molecule has 1 amide bonds. The zero-order chi connectivity index (χ0) is 30.8. The molecular weight excluding hydrogens is 594 g/mol. The van der Waals surface area contributed by atoms with Gasteiger partial charge in [0.15, 0.2) is 0 Å². The van der Waals surface area contributed by atoms with Gasteiger partial charge in [-0.05, 0) is 84.3 Å². The number of rotatable bonds is 8. The Balaban J connectivity index is 1.18. The maximum atomic E-state index is 13.4. The lowest BCUT2D eigenvalue weighted by Gasteiger charge is -2.16. The van der Waals surface area contributed by atoms with E-state index in [0.717, 1.165) is 0 Å². The summed E-state index contributed by atoms with van der Waals surface area (Å²) in [7, 11) is 0. The number of pyridine rings is 1. The number of H-pyrrole nitrogens is 1. The molecule has 0 unspecified atom stereocenters. The van der Waals surface area contributed by atoms with Crippen LogP contribution in [0.3, 0.4) is 0 Å². The quantitative estimate of drug-likeness (QED) is 0.191. The van der Waals surface area contributed by atoms with Crippen LogP contribution in [0.1, 0.15) is 35.6 Å². The number of hydrogen-bond donors (Lipinski definition) is 2. The fourth-order valence-electron chi connectivity index (χ4n) is 5.12. The highest BCUT2D eigenvalue weighted by atomic mass is 35.5. The normalized spacial score (nSPS) is 13.8. The van der Waals surface area contributed by atoms with Gasteiger partial charge in [-0.15, -0.1) is 5.10 Å². The van der Waals surface area contributed by atoms with Crippen molar-refractivity contribution in [3.63, 3.8) is 0 Å². The van der Waals surface area contributed by atoms with Gasteiger partial charge in [-0.3, -0.25) is 9.59 Å². The number of carbonyl (C=O) groups is 3. The first-order chi connectivity index (χ1) is 21.3. The predicted octanol–water partition coefficient (Wildman–Crippen LogP) is 4.04. The molecule has 5 aromatic rings. The van der Waals surface area contributed by atoms with Gasteiger partial charge in [0.2, 0.25) is 12.7 Å². The minimum Gasteiger partial charge on any atom is -0.435 e. The molecule has 4 heterocycles. The number of hydrogen-bond acceptors (Lipinski definition) is 10. The van der Waals surface area contributed by atoms with Crippen LogP contribution in [0.15, 0.2) is 65.7 Å². The SMILES string of the molecule is CCOC(=O)OCOC(=O)c1cc2cc(NC(=O)[C@@H]3CCc4cc(-c5cc(Cl)ccc5-n5cnnn5)cc(=O)n43)ccc2[nH]1. The van der Waals surface area contributed by atoms with Crippen molar-refractivity contribution < 1.29 is 28.6 Å². The predicted molar refractivity (Wildman–Crippen MR) is 157 cm³/mol. The molecule has 0 fully saturated rings. The van der Waals surface area contributed by atoms with Gasteiger partial charge in [0.1, 0.15) is 18.1 Å². The van der Waals surface area contributed by atoms with E-state index in [0.29, 0.717) is 57.0 Å². The maximum Gasteiger partial charge on any atom is 0.511 e. The molecule has 15 heteroatoms. The number of tetrazole rings is 1. The van der Waals surface area contributed by atoms with Gasteiger partial charge >= 0.3 is 12.1 Å². The molecule has 224 valence electrons. The van der Waals surface area contributed by atoms with Gasteiger partial charge in [-0.25, -0.2) is 9.59 Å². The molecule has 0 saturated heterocycles. The summed E-state index contributed by atoms with van der Waals surface area (Å²) >= 11 is 6.28. The van der Waals surface area contributed by atoms with E-state index in [9.17, 15) is 19.2 Å². The molecule has 0 saturated carbocycles. The molecule has 0 aliphatic carbocycles. The fraction of sp³-hybridized carbons (Fsp3) is 0.207. The van der Waals surface area contributed by atoms with Crippen molar-refractivity contribution >= 4 is 46.2 Å². The first kappa shape index (κ1) is 28.6. The van der Waals surface area contributed by atoms with Crippen LogP contribution in [0.25, 0.3) is 27.7 Å². The lowest BCUT2D eigenvalue weighted by molar-refractivity contribution is -0.119. The molecule has 6 rings (SSSR count). The average molecular weight is 618 g/mol. The van der Waals surface area contributed by atoms with E-state index in [1.54, 1.807) is 49.4 Å². The third kappa shape index (κ3) is 5.74. The van der Waals surface area contributed by atoms with E-state index >= 15 is 0 Å². The molecule has 14 nitrogen and oxygen atoms in total. The molecule has 44 heavy (non-hydrogen) atoms. The molecule has 2 N–H and O–H groups in total. The van der Waals surface area contributed by atoms with Crippen molar-refractivity contribution in [2.45, 2.75) is 25.8 Å². The van der Waals surface area contributed by atoms with E-state index in [2.05, 4.69) is 35.3 Å². The number of amides is 1. The smallest absolute Gasteiger partial charge is 0.435 e. The Labute approximate surface area is 253 Å². The van der Waals surface area contributed by atoms with Crippen molar-refractivity contribution in [2.75, 3.05) is 18.7 Å². The number of carbonyl (C=O) groups excluding carboxylic acids is 3. The zero-order valence-corrected chi connectivity index (χ0v) is 23.9. The van der Waals surface area contributed by atoms with Gasteiger partial charge < -0.3 is 29.1 Å². The standard InChI is InChI=1S/C29H24ClN7O7/c1-2-42-29(41)44-15-43-28(40)23-11-17-9-19(4-6-22(17)33-23)32-27(39)25-8-5-20-10-16(12-26(38)37(20)25)21-13-18(30)3-7-24(21)36-14-31-34-35-36/h3-4,6-7,9-14,25,33H,2,5,8,15H2,1H3,(H,32,39)/t25-/m0/s1. The van der Waals surface area contributed by atoms with Gasteiger partial charge in [-0.1, -0.05) is 11.6 Å². The lowest BCUT2D eigenvalue weighted by atomic mass is 10.0. The van der Waals surface area contributed by atoms with Crippen molar-refractivity contribution in [3.05, 3.63) is 87.7 Å². The first-order valence-electron chi connectivity index (χ1n) is 13.5. The second kappa shape index (κ2) is 12.0. The Morgan fingerprint density at radius 2 is 1.93 bits per heavy atom. The summed E-state index contributed by atoms with van der Waals surface area (Å²) in [4.78, 5) is 53.2. The summed E-state index contributed by atoms with van der Waals surface area (Å²) in [6, 6.07) is 14.5. The largest absolute Gasteiger partial charge is 0.511 e. The molecule has 2 aromatic carbocycles. The third-order valence-electron chi connectivity index (χ3n) is 7.04. The number of ether oxygens (including phenoxy) is 3. The van der Waals surface area contributed by atoms with Gasteiger partial charge in [0.25, 0.3) is 5.56 Å².